The molecular formula is C30H37N3O4S. The quantitative estimate of drug-likeness (QED) is 0.377. The van der Waals surface area contributed by atoms with Gasteiger partial charge in [0.2, 0.25) is 21.8 Å². The van der Waals surface area contributed by atoms with E-state index >= 15 is 0 Å². The van der Waals surface area contributed by atoms with Gasteiger partial charge in [0.05, 0.1) is 11.4 Å². The Labute approximate surface area is 226 Å². The van der Waals surface area contributed by atoms with E-state index in [4.69, 9.17) is 0 Å². The minimum Gasteiger partial charge on any atom is -0.352 e. The predicted octanol–water partition coefficient (Wildman–Crippen LogP) is 4.17. The summed E-state index contributed by atoms with van der Waals surface area (Å²) in [5, 5.41) is 3.02. The maximum atomic E-state index is 13.8. The Hall–Kier alpha value is -3.49. The Morgan fingerprint density at radius 2 is 1.42 bits per heavy atom. The summed E-state index contributed by atoms with van der Waals surface area (Å²) in [4.78, 5) is 29.0. The van der Waals surface area contributed by atoms with Crippen molar-refractivity contribution in [1.29, 1.82) is 0 Å². The van der Waals surface area contributed by atoms with Crippen molar-refractivity contribution in [2.75, 3.05) is 13.6 Å². The summed E-state index contributed by atoms with van der Waals surface area (Å²) < 4.78 is 27.5. The average molecular weight is 536 g/mol. The fourth-order valence-corrected chi connectivity index (χ4v) is 5.15. The molecular weight excluding hydrogens is 498 g/mol. The third-order valence-electron chi connectivity index (χ3n) is 6.55. The molecule has 7 nitrogen and oxygen atoms in total. The van der Waals surface area contributed by atoms with Crippen molar-refractivity contribution in [3.05, 3.63) is 102 Å². The number of rotatable bonds is 12. The number of benzene rings is 3. The Bertz CT molecular complexity index is 1300. The van der Waals surface area contributed by atoms with E-state index in [1.807, 2.05) is 81.4 Å². The van der Waals surface area contributed by atoms with E-state index in [9.17, 15) is 18.0 Å². The van der Waals surface area contributed by atoms with E-state index in [2.05, 4.69) is 5.32 Å². The Balaban J connectivity index is 1.95. The molecule has 2 atom stereocenters. The highest BCUT2D eigenvalue weighted by Gasteiger charge is 2.33. The molecule has 3 rings (SSSR count). The third-order valence-corrected chi connectivity index (χ3v) is 8.37. The van der Waals surface area contributed by atoms with Gasteiger partial charge in [0.1, 0.15) is 6.04 Å². The summed E-state index contributed by atoms with van der Waals surface area (Å²) in [6, 6.07) is 24.5. The average Bonchev–Trinajstić information content (AvgIpc) is 2.91. The number of aryl methyl sites for hydroxylation is 1. The molecule has 0 aromatic heterocycles. The first-order valence-electron chi connectivity index (χ1n) is 12.8. The number of sulfonamides is 1. The topological polar surface area (TPSA) is 86.8 Å². The maximum Gasteiger partial charge on any atom is 0.243 e. The van der Waals surface area contributed by atoms with E-state index in [0.29, 0.717) is 6.42 Å². The maximum absolute atomic E-state index is 13.8. The highest BCUT2D eigenvalue weighted by molar-refractivity contribution is 7.89. The monoisotopic (exact) mass is 535 g/mol. The van der Waals surface area contributed by atoms with Crippen LogP contribution in [0, 0.1) is 6.92 Å². The van der Waals surface area contributed by atoms with Gasteiger partial charge in [0.25, 0.3) is 0 Å². The molecule has 8 heteroatoms. The van der Waals surface area contributed by atoms with Gasteiger partial charge in [-0.3, -0.25) is 9.59 Å². The number of nitrogens with zero attached hydrogens (tertiary/aromatic N) is 2. The van der Waals surface area contributed by atoms with Crippen LogP contribution in [0.15, 0.2) is 89.8 Å². The van der Waals surface area contributed by atoms with Crippen LogP contribution in [0.1, 0.15) is 37.0 Å². The fourth-order valence-electron chi connectivity index (χ4n) is 4.03. The molecule has 0 unspecified atom stereocenters. The lowest BCUT2D eigenvalue weighted by Gasteiger charge is -2.33. The lowest BCUT2D eigenvalue weighted by atomic mass is 10.0. The zero-order valence-corrected chi connectivity index (χ0v) is 23.3. The number of hydrogen-bond acceptors (Lipinski definition) is 4. The molecule has 0 aliphatic carbocycles. The zero-order valence-electron chi connectivity index (χ0n) is 22.5. The van der Waals surface area contributed by atoms with Crippen LogP contribution in [0.5, 0.6) is 0 Å². The number of carbonyl (C=O) groups excluding carboxylic acids is 2. The van der Waals surface area contributed by atoms with Gasteiger partial charge in [-0.2, -0.15) is 4.31 Å². The highest BCUT2D eigenvalue weighted by Crippen LogP contribution is 2.18. The Kier molecular flexibility index (Phi) is 10.2. The second kappa shape index (κ2) is 13.3. The number of carbonyl (C=O) groups is 2. The molecule has 3 aromatic carbocycles. The predicted molar refractivity (Wildman–Crippen MR) is 150 cm³/mol. The van der Waals surface area contributed by atoms with Crippen molar-refractivity contribution in [3.63, 3.8) is 0 Å². The minimum atomic E-state index is -3.90. The standard InChI is InChI=1S/C30H37N3O4S/c1-5-24(3)31-30(35)28(20-25-12-8-6-9-13-25)33(21-26-14-10-7-11-15-26)29(34)22-32(4)38(36,37)27-18-16-23(2)17-19-27/h6-19,24,28H,5,20-22H2,1-4H3,(H,31,35)/t24-,28+/m0/s1. The molecule has 0 radical (unpaired) electrons. The number of amides is 2. The molecule has 0 heterocycles. The van der Waals surface area contributed by atoms with Crippen molar-refractivity contribution in [1.82, 2.24) is 14.5 Å². The zero-order chi connectivity index (χ0) is 27.7. The van der Waals surface area contributed by atoms with Gasteiger partial charge in [-0.15, -0.1) is 0 Å². The molecule has 0 bridgehead atoms. The molecule has 3 aromatic rings. The molecule has 0 aliphatic rings. The van der Waals surface area contributed by atoms with E-state index in [1.54, 1.807) is 12.1 Å². The van der Waals surface area contributed by atoms with Crippen LogP contribution in [-0.2, 0) is 32.6 Å². The van der Waals surface area contributed by atoms with Crippen molar-refractivity contribution in [2.45, 2.75) is 57.1 Å². The van der Waals surface area contributed by atoms with Crippen molar-refractivity contribution in [3.8, 4) is 0 Å². The van der Waals surface area contributed by atoms with Crippen LogP contribution >= 0.6 is 0 Å². The van der Waals surface area contributed by atoms with Crippen LogP contribution in [0.4, 0.5) is 0 Å². The SMILES string of the molecule is CC[C@H](C)NC(=O)[C@@H](Cc1ccccc1)N(Cc1ccccc1)C(=O)CN(C)S(=O)(=O)c1ccc(C)cc1. The summed E-state index contributed by atoms with van der Waals surface area (Å²) in [6.45, 7) is 5.55. The van der Waals surface area contributed by atoms with E-state index in [-0.39, 0.29) is 23.4 Å². The number of likely N-dealkylation sites (N-methyl/N-ethyl adjacent to an activating group) is 1. The third kappa shape index (κ3) is 7.76. The van der Waals surface area contributed by atoms with Gasteiger partial charge in [0.15, 0.2) is 0 Å². The molecule has 0 fully saturated rings. The van der Waals surface area contributed by atoms with Crippen LogP contribution in [0.3, 0.4) is 0 Å². The van der Waals surface area contributed by atoms with Gasteiger partial charge in [-0.25, -0.2) is 8.42 Å². The van der Waals surface area contributed by atoms with Gasteiger partial charge >= 0.3 is 0 Å². The first-order valence-corrected chi connectivity index (χ1v) is 14.3. The summed E-state index contributed by atoms with van der Waals surface area (Å²) in [5.74, 6) is -0.719. The van der Waals surface area contributed by atoms with Gasteiger partial charge < -0.3 is 10.2 Å². The highest BCUT2D eigenvalue weighted by atomic mass is 32.2. The van der Waals surface area contributed by atoms with Crippen molar-refractivity contribution >= 4 is 21.8 Å². The van der Waals surface area contributed by atoms with Gasteiger partial charge in [-0.1, -0.05) is 85.3 Å². The second-order valence-corrected chi connectivity index (χ2v) is 11.6. The fraction of sp³-hybridized carbons (Fsp3) is 0.333. The number of nitrogens with one attached hydrogen (secondary N) is 1. The normalized spacial score (nSPS) is 13.1. The lowest BCUT2D eigenvalue weighted by molar-refractivity contribution is -0.141. The van der Waals surface area contributed by atoms with Crippen LogP contribution in [0.2, 0.25) is 0 Å². The first kappa shape index (κ1) is 29.1. The van der Waals surface area contributed by atoms with Crippen molar-refractivity contribution < 1.29 is 18.0 Å². The van der Waals surface area contributed by atoms with E-state index < -0.39 is 28.5 Å². The molecule has 0 saturated heterocycles. The summed E-state index contributed by atoms with van der Waals surface area (Å²) in [7, 11) is -2.51. The summed E-state index contributed by atoms with van der Waals surface area (Å²) in [5.41, 5.74) is 2.69. The number of hydrogen-bond donors (Lipinski definition) is 1. The smallest absolute Gasteiger partial charge is 0.243 e. The van der Waals surface area contributed by atoms with Crippen LogP contribution in [0.25, 0.3) is 0 Å². The first-order chi connectivity index (χ1) is 18.1. The summed E-state index contributed by atoms with van der Waals surface area (Å²) in [6.07, 6.45) is 1.05. The minimum absolute atomic E-state index is 0.0703. The van der Waals surface area contributed by atoms with Crippen LogP contribution in [-0.4, -0.2) is 55.1 Å². The van der Waals surface area contributed by atoms with Gasteiger partial charge in [-0.05, 0) is 43.5 Å². The molecule has 1 N–H and O–H groups in total. The Morgan fingerprint density at radius 1 is 0.868 bits per heavy atom. The second-order valence-electron chi connectivity index (χ2n) is 9.60. The summed E-state index contributed by atoms with van der Waals surface area (Å²) >= 11 is 0. The molecule has 2 amide bonds. The Morgan fingerprint density at radius 3 is 1.97 bits per heavy atom. The van der Waals surface area contributed by atoms with Gasteiger partial charge in [0, 0.05) is 26.1 Å². The molecule has 0 spiro atoms. The molecule has 0 aliphatic heterocycles. The van der Waals surface area contributed by atoms with E-state index in [1.165, 1.54) is 24.1 Å². The van der Waals surface area contributed by atoms with Crippen LogP contribution < -0.4 is 5.32 Å². The largest absolute Gasteiger partial charge is 0.352 e. The lowest BCUT2D eigenvalue weighted by Crippen LogP contribution is -2.54. The van der Waals surface area contributed by atoms with E-state index in [0.717, 1.165) is 27.4 Å². The molecule has 0 saturated carbocycles. The molecule has 38 heavy (non-hydrogen) atoms. The van der Waals surface area contributed by atoms with Crippen molar-refractivity contribution in [2.24, 2.45) is 0 Å². The molecule has 202 valence electrons.